The van der Waals surface area contributed by atoms with Crippen molar-refractivity contribution in [1.29, 1.82) is 0 Å². The molecule has 3 aromatic rings. The number of fused-ring (bicyclic) bond motifs is 2. The zero-order valence-electron chi connectivity index (χ0n) is 16.3. The zero-order chi connectivity index (χ0) is 21.8. The van der Waals surface area contributed by atoms with E-state index in [2.05, 4.69) is 29.9 Å². The van der Waals surface area contributed by atoms with Gasteiger partial charge in [0.05, 0.1) is 28.8 Å². The molecule has 160 valence electrons. The van der Waals surface area contributed by atoms with E-state index in [4.69, 9.17) is 11.6 Å². The molecule has 5 rings (SSSR count). The highest BCUT2D eigenvalue weighted by atomic mass is 35.5. The van der Waals surface area contributed by atoms with Crippen LogP contribution in [-0.2, 0) is 19.9 Å². The van der Waals surface area contributed by atoms with Crippen molar-refractivity contribution < 1.29 is 23.0 Å². The second-order valence-corrected chi connectivity index (χ2v) is 7.70. The summed E-state index contributed by atoms with van der Waals surface area (Å²) in [6.45, 7) is 0. The lowest BCUT2D eigenvalue weighted by Crippen LogP contribution is -2.25. The van der Waals surface area contributed by atoms with E-state index in [0.29, 0.717) is 17.0 Å². The number of anilines is 1. The monoisotopic (exact) mass is 447 g/mol. The molecule has 1 aromatic carbocycles. The van der Waals surface area contributed by atoms with Crippen LogP contribution in [0.3, 0.4) is 0 Å². The second kappa shape index (κ2) is 7.16. The summed E-state index contributed by atoms with van der Waals surface area (Å²) in [7, 11) is 1.74. The number of amides is 1. The number of carbonyl (C=O) groups excluding carboxylic acids is 1. The van der Waals surface area contributed by atoms with Gasteiger partial charge in [0.25, 0.3) is 5.91 Å². The second-order valence-electron chi connectivity index (χ2n) is 7.29. The lowest BCUT2D eigenvalue weighted by atomic mass is 9.95. The minimum Gasteiger partial charge on any atom is -0.395 e. The number of aromatic nitrogens is 4. The average molecular weight is 448 g/mol. The van der Waals surface area contributed by atoms with Crippen LogP contribution in [0.25, 0.3) is 11.3 Å². The van der Waals surface area contributed by atoms with Crippen molar-refractivity contribution in [3.8, 4) is 22.8 Å². The number of rotatable bonds is 3. The molecule has 0 atom stereocenters. The largest absolute Gasteiger partial charge is 0.586 e. The molecule has 0 bridgehead atoms. The maximum Gasteiger partial charge on any atom is 0.586 e. The van der Waals surface area contributed by atoms with Gasteiger partial charge in [0, 0.05) is 24.2 Å². The summed E-state index contributed by atoms with van der Waals surface area (Å²) in [5.74, 6) is -0.383. The molecule has 11 heteroatoms. The number of halogens is 3. The van der Waals surface area contributed by atoms with Gasteiger partial charge >= 0.3 is 6.29 Å². The summed E-state index contributed by atoms with van der Waals surface area (Å²) in [5.41, 5.74) is 3.11. The van der Waals surface area contributed by atoms with Gasteiger partial charge in [-0.2, -0.15) is 5.10 Å². The minimum atomic E-state index is -3.74. The number of hydrogen-bond acceptors (Lipinski definition) is 6. The third-order valence-corrected chi connectivity index (χ3v) is 5.51. The molecule has 0 radical (unpaired) electrons. The Kier molecular flexibility index (Phi) is 4.54. The molecular weight excluding hydrogens is 432 g/mol. The van der Waals surface area contributed by atoms with E-state index in [1.54, 1.807) is 11.7 Å². The molecule has 2 aliphatic rings. The van der Waals surface area contributed by atoms with Crippen LogP contribution in [-0.4, -0.2) is 32.0 Å². The molecule has 1 amide bonds. The smallest absolute Gasteiger partial charge is 0.395 e. The van der Waals surface area contributed by atoms with E-state index in [1.807, 2.05) is 0 Å². The van der Waals surface area contributed by atoms with Crippen molar-refractivity contribution in [3.05, 3.63) is 46.5 Å². The first-order valence-electron chi connectivity index (χ1n) is 9.58. The van der Waals surface area contributed by atoms with Crippen LogP contribution in [0.5, 0.6) is 11.5 Å². The van der Waals surface area contributed by atoms with Crippen molar-refractivity contribution >= 4 is 23.3 Å². The Morgan fingerprint density at radius 3 is 2.65 bits per heavy atom. The molecule has 0 unspecified atom stereocenters. The highest BCUT2D eigenvalue weighted by Gasteiger charge is 2.44. The first-order valence-corrected chi connectivity index (χ1v) is 9.96. The van der Waals surface area contributed by atoms with Gasteiger partial charge in [-0.15, -0.1) is 8.78 Å². The predicted octanol–water partition coefficient (Wildman–Crippen LogP) is 3.98. The topological polar surface area (TPSA) is 91.2 Å². The van der Waals surface area contributed by atoms with E-state index >= 15 is 0 Å². The van der Waals surface area contributed by atoms with E-state index in [-0.39, 0.29) is 28.2 Å². The van der Waals surface area contributed by atoms with E-state index < -0.39 is 6.29 Å². The van der Waals surface area contributed by atoms with Crippen LogP contribution in [0.1, 0.15) is 34.6 Å². The Balaban J connectivity index is 1.37. The van der Waals surface area contributed by atoms with Gasteiger partial charge < -0.3 is 14.8 Å². The van der Waals surface area contributed by atoms with Crippen molar-refractivity contribution in [2.45, 2.75) is 32.0 Å². The number of alkyl halides is 2. The number of nitrogens with zero attached hydrogens (tertiary/aromatic N) is 4. The van der Waals surface area contributed by atoms with Gasteiger partial charge in [-0.3, -0.25) is 14.5 Å². The van der Waals surface area contributed by atoms with Crippen LogP contribution in [0.4, 0.5) is 14.6 Å². The third-order valence-electron chi connectivity index (χ3n) is 5.19. The highest BCUT2D eigenvalue weighted by Crippen LogP contribution is 2.45. The third kappa shape index (κ3) is 3.56. The Labute approximate surface area is 180 Å². The lowest BCUT2D eigenvalue weighted by molar-refractivity contribution is -0.286. The van der Waals surface area contributed by atoms with Gasteiger partial charge in [-0.1, -0.05) is 11.6 Å². The number of ether oxygens (including phenoxy) is 2. The lowest BCUT2D eigenvalue weighted by Gasteiger charge is -2.11. The van der Waals surface area contributed by atoms with Crippen molar-refractivity contribution in [2.24, 2.45) is 7.05 Å². The molecule has 0 spiro atoms. The zero-order valence-corrected chi connectivity index (χ0v) is 17.0. The highest BCUT2D eigenvalue weighted by molar-refractivity contribution is 6.33. The van der Waals surface area contributed by atoms with Gasteiger partial charge in [0.2, 0.25) is 0 Å². The molecule has 31 heavy (non-hydrogen) atoms. The van der Waals surface area contributed by atoms with Gasteiger partial charge in [-0.05, 0) is 31.7 Å². The first kappa shape index (κ1) is 19.7. The molecular formula is C20H16ClF2N5O3. The molecule has 1 aliphatic heterocycles. The quantitative estimate of drug-likeness (QED) is 0.653. The van der Waals surface area contributed by atoms with Gasteiger partial charge in [0.15, 0.2) is 17.3 Å². The van der Waals surface area contributed by atoms with Gasteiger partial charge in [0.1, 0.15) is 5.69 Å². The van der Waals surface area contributed by atoms with Crippen molar-refractivity contribution in [3.63, 3.8) is 0 Å². The van der Waals surface area contributed by atoms with Crippen LogP contribution in [0.15, 0.2) is 24.5 Å². The minimum absolute atomic E-state index is 0.146. The molecule has 8 nitrogen and oxygen atoms in total. The first-order chi connectivity index (χ1) is 14.8. The Bertz CT molecular complexity index is 1200. The average Bonchev–Trinajstić information content (AvgIpc) is 3.21. The molecule has 0 fully saturated rings. The van der Waals surface area contributed by atoms with E-state index in [1.165, 1.54) is 24.5 Å². The molecule has 3 heterocycles. The summed E-state index contributed by atoms with van der Waals surface area (Å²) >= 11 is 6.18. The molecule has 1 N–H and O–H groups in total. The number of nitrogens with one attached hydrogen (secondary N) is 1. The predicted molar refractivity (Wildman–Crippen MR) is 106 cm³/mol. The van der Waals surface area contributed by atoms with Crippen LogP contribution >= 0.6 is 11.6 Å². The van der Waals surface area contributed by atoms with E-state index in [0.717, 1.165) is 36.9 Å². The Hall–Kier alpha value is -3.27. The fourth-order valence-electron chi connectivity index (χ4n) is 3.84. The van der Waals surface area contributed by atoms with E-state index in [9.17, 15) is 13.6 Å². The van der Waals surface area contributed by atoms with Crippen molar-refractivity contribution in [2.75, 3.05) is 5.32 Å². The fourth-order valence-corrected chi connectivity index (χ4v) is 4.09. The summed E-state index contributed by atoms with van der Waals surface area (Å²) in [4.78, 5) is 21.3. The standard InChI is InChI=1S/C20H16ClF2N5O3/c1-28-18(10-4-2-3-5-13(10)27-28)19(29)26-17-9-24-14(8-25-17)11-6-15-16(7-12(11)21)31-20(22,23)30-15/h6-9H,2-5H2,1H3,(H,25,26,29). The summed E-state index contributed by atoms with van der Waals surface area (Å²) in [6, 6.07) is 2.54. The molecule has 0 saturated carbocycles. The summed E-state index contributed by atoms with van der Waals surface area (Å²) < 4.78 is 37.0. The summed E-state index contributed by atoms with van der Waals surface area (Å²) in [5, 5.41) is 7.32. The fraction of sp³-hybridized carbons (Fsp3) is 0.300. The number of carbonyl (C=O) groups is 1. The molecule has 1 aliphatic carbocycles. The molecule has 0 saturated heterocycles. The Morgan fingerprint density at radius 2 is 1.90 bits per heavy atom. The SMILES string of the molecule is Cn1nc2c(c1C(=O)Nc1cnc(-c3cc4c(cc3Cl)OC(F)(F)O4)cn1)CCCC2. The normalized spacial score (nSPS) is 16.1. The maximum absolute atomic E-state index is 13.3. The van der Waals surface area contributed by atoms with Crippen molar-refractivity contribution in [1.82, 2.24) is 19.7 Å². The van der Waals surface area contributed by atoms with Crippen LogP contribution in [0, 0.1) is 0 Å². The number of aryl methyl sites for hydroxylation is 2. The number of hydrogen-bond donors (Lipinski definition) is 1. The van der Waals surface area contributed by atoms with Crippen LogP contribution < -0.4 is 14.8 Å². The van der Waals surface area contributed by atoms with Crippen LogP contribution in [0.2, 0.25) is 5.02 Å². The van der Waals surface area contributed by atoms with Gasteiger partial charge in [-0.25, -0.2) is 4.98 Å². The molecule has 2 aromatic heterocycles. The maximum atomic E-state index is 13.3. The number of benzene rings is 1. The summed E-state index contributed by atoms with van der Waals surface area (Å²) in [6.07, 6.45) is 2.79. The Morgan fingerprint density at radius 1 is 1.16 bits per heavy atom.